The second kappa shape index (κ2) is 17.5. The molecule has 0 aromatic rings. The molecule has 0 bridgehead atoms. The van der Waals surface area contributed by atoms with Crippen molar-refractivity contribution in [2.75, 3.05) is 33.5 Å². The highest BCUT2D eigenvalue weighted by molar-refractivity contribution is 5.73. The molecule has 0 aromatic heterocycles. The zero-order chi connectivity index (χ0) is 36.3. The number of aliphatic hydroxyl groups is 11. The van der Waals surface area contributed by atoms with Crippen molar-refractivity contribution < 1.29 is 98.9 Å². The lowest BCUT2D eigenvalue weighted by Crippen LogP contribution is -2.69. The average molecular weight is 720 g/mol. The van der Waals surface area contributed by atoms with Gasteiger partial charge in [-0.3, -0.25) is 4.79 Å². The van der Waals surface area contributed by atoms with Crippen LogP contribution in [0.5, 0.6) is 0 Å². The van der Waals surface area contributed by atoms with Crippen molar-refractivity contribution in [2.45, 2.75) is 136 Å². The Balaban J connectivity index is 1.56. The van der Waals surface area contributed by atoms with Crippen LogP contribution in [0.3, 0.4) is 0 Å². The van der Waals surface area contributed by atoms with Gasteiger partial charge in [-0.2, -0.15) is 0 Å². The third-order valence-electron chi connectivity index (χ3n) is 9.12. The highest BCUT2D eigenvalue weighted by atomic mass is 16.8. The molecule has 4 fully saturated rings. The molecule has 4 aliphatic heterocycles. The summed E-state index contributed by atoms with van der Waals surface area (Å²) < 4.78 is 44.8. The number of carbonyl (C=O) groups excluding carboxylic acids is 1. The highest BCUT2D eigenvalue weighted by Gasteiger charge is 2.55. The number of carbonyl (C=O) groups is 1. The number of rotatable bonds is 12. The summed E-state index contributed by atoms with van der Waals surface area (Å²) in [6.07, 6.45) is -29.4. The van der Waals surface area contributed by atoms with Crippen LogP contribution >= 0.6 is 0 Å². The molecule has 20 atom stereocenters. The van der Waals surface area contributed by atoms with E-state index in [0.717, 1.165) is 6.92 Å². The van der Waals surface area contributed by atoms with Crippen LogP contribution in [-0.4, -0.2) is 218 Å². The van der Waals surface area contributed by atoms with Crippen LogP contribution in [0.1, 0.15) is 13.8 Å². The maximum atomic E-state index is 12.2. The lowest BCUT2D eigenvalue weighted by molar-refractivity contribution is -0.376. The van der Waals surface area contributed by atoms with E-state index in [1.165, 1.54) is 14.0 Å². The topological polar surface area (TPSA) is 325 Å². The second-order valence-corrected chi connectivity index (χ2v) is 12.4. The van der Waals surface area contributed by atoms with E-state index in [-0.39, 0.29) is 0 Å². The van der Waals surface area contributed by atoms with Crippen LogP contribution in [0.2, 0.25) is 0 Å². The normalized spacial score (nSPS) is 49.4. The smallest absolute Gasteiger partial charge is 0.217 e. The predicted molar refractivity (Wildman–Crippen MR) is 154 cm³/mol. The van der Waals surface area contributed by atoms with Crippen LogP contribution < -0.4 is 5.32 Å². The van der Waals surface area contributed by atoms with E-state index in [9.17, 15) is 61.0 Å². The Bertz CT molecular complexity index is 1040. The fourth-order valence-corrected chi connectivity index (χ4v) is 6.42. The summed E-state index contributed by atoms with van der Waals surface area (Å²) in [5, 5.41) is 118. The van der Waals surface area contributed by atoms with Gasteiger partial charge in [-0.25, -0.2) is 0 Å². The largest absolute Gasteiger partial charge is 0.394 e. The maximum absolute atomic E-state index is 12.2. The Morgan fingerprint density at radius 1 is 0.551 bits per heavy atom. The Hall–Kier alpha value is -1.29. The van der Waals surface area contributed by atoms with Crippen LogP contribution in [0.25, 0.3) is 0 Å². The lowest BCUT2D eigenvalue weighted by Gasteiger charge is -2.50. The van der Waals surface area contributed by atoms with Gasteiger partial charge in [0.25, 0.3) is 0 Å². The zero-order valence-corrected chi connectivity index (χ0v) is 27.0. The van der Waals surface area contributed by atoms with Crippen LogP contribution in [0.4, 0.5) is 0 Å². The van der Waals surface area contributed by atoms with E-state index in [1.54, 1.807) is 0 Å². The third kappa shape index (κ3) is 8.52. The third-order valence-corrected chi connectivity index (χ3v) is 9.12. The summed E-state index contributed by atoms with van der Waals surface area (Å²) in [6, 6.07) is -1.55. The summed E-state index contributed by atoms with van der Waals surface area (Å²) in [6.45, 7) is -0.513. The number of hydrogen-bond donors (Lipinski definition) is 12. The molecule has 286 valence electrons. The van der Waals surface area contributed by atoms with Crippen molar-refractivity contribution in [3.63, 3.8) is 0 Å². The number of hydrogen-bond acceptors (Lipinski definition) is 20. The van der Waals surface area contributed by atoms with Crippen molar-refractivity contribution in [1.29, 1.82) is 0 Å². The number of amides is 1. The second-order valence-electron chi connectivity index (χ2n) is 12.4. The fraction of sp³-hybridized carbons (Fsp3) is 0.964. The van der Waals surface area contributed by atoms with Gasteiger partial charge in [0.15, 0.2) is 18.9 Å². The van der Waals surface area contributed by atoms with Gasteiger partial charge >= 0.3 is 0 Å². The molecule has 4 heterocycles. The van der Waals surface area contributed by atoms with Crippen LogP contribution in [0.15, 0.2) is 0 Å². The molecule has 4 rings (SSSR count). The quantitative estimate of drug-likeness (QED) is 0.0891. The lowest BCUT2D eigenvalue weighted by atomic mass is 9.94. The van der Waals surface area contributed by atoms with E-state index in [1.807, 2.05) is 0 Å². The van der Waals surface area contributed by atoms with Crippen molar-refractivity contribution in [2.24, 2.45) is 0 Å². The zero-order valence-electron chi connectivity index (χ0n) is 27.0. The molecule has 0 aliphatic carbocycles. The molecule has 0 radical (unpaired) electrons. The minimum absolute atomic E-state index is 0.665. The van der Waals surface area contributed by atoms with E-state index < -0.39 is 155 Å². The number of nitrogens with one attached hydrogen (secondary N) is 1. The van der Waals surface area contributed by atoms with Gasteiger partial charge in [0.2, 0.25) is 5.91 Å². The molecule has 0 aromatic carbocycles. The van der Waals surface area contributed by atoms with Gasteiger partial charge in [-0.15, -0.1) is 0 Å². The predicted octanol–water partition coefficient (Wildman–Crippen LogP) is -7.88. The summed E-state index contributed by atoms with van der Waals surface area (Å²) in [7, 11) is 1.19. The standard InChI is InChI=1S/C28H49NO20/c1-8-15(35)19(39)23(12(6-32)43-8)48-28-21(41)25(17(37)11(5-31)45-28)49-26-14(29-9(2)34)18(38)22(13(7-33)46-26)47-27-20(40)24(42-3)16(36)10(4-30)44-27/h8,10-28,30-33,35-41H,4-7H2,1-3H3,(H,29,34)/t8?,10?,11?,12?,13?,14?,15?,16-,17-,18+,19+,20?,21?,22+,23+,24-,25-,26-,27-,28-/m0/s1. The molecule has 21 heteroatoms. The van der Waals surface area contributed by atoms with Crippen molar-refractivity contribution in [1.82, 2.24) is 5.32 Å². The van der Waals surface area contributed by atoms with Gasteiger partial charge in [0.05, 0.1) is 32.5 Å². The van der Waals surface area contributed by atoms with Gasteiger partial charge in [-0.05, 0) is 6.92 Å². The first kappa shape index (κ1) is 40.5. The van der Waals surface area contributed by atoms with Crippen molar-refractivity contribution >= 4 is 5.91 Å². The molecule has 9 unspecified atom stereocenters. The van der Waals surface area contributed by atoms with Gasteiger partial charge < -0.3 is 99.4 Å². The first-order valence-corrected chi connectivity index (χ1v) is 15.8. The Kier molecular flexibility index (Phi) is 14.4. The Morgan fingerprint density at radius 2 is 0.980 bits per heavy atom. The Morgan fingerprint density at radius 3 is 1.47 bits per heavy atom. The Labute approximate surface area is 280 Å². The minimum atomic E-state index is -1.94. The molecule has 21 nitrogen and oxygen atoms in total. The monoisotopic (exact) mass is 719 g/mol. The SMILES string of the molecule is CO[C@@H]1C(O)[C@H](O[C@@H]2C(CO)O[C@@H](O[C@@H]3C(O)[C@H](O[C@@H]4C(CO)OC(C)C(O)[C@H]4O)OC(CO)[C@@H]3O)C(NC(C)=O)[C@H]2O)OC(CO)[C@@H]1O. The van der Waals surface area contributed by atoms with E-state index >= 15 is 0 Å². The van der Waals surface area contributed by atoms with Crippen LogP contribution in [0, 0.1) is 0 Å². The molecule has 1 amide bonds. The summed E-state index contributed by atoms with van der Waals surface area (Å²) >= 11 is 0. The average Bonchev–Trinajstić information content (AvgIpc) is 3.07. The van der Waals surface area contributed by atoms with E-state index in [0.29, 0.717) is 0 Å². The van der Waals surface area contributed by atoms with Crippen molar-refractivity contribution in [3.8, 4) is 0 Å². The molecule has 4 aliphatic rings. The van der Waals surface area contributed by atoms with Gasteiger partial charge in [-0.1, -0.05) is 0 Å². The molecule has 0 saturated carbocycles. The van der Waals surface area contributed by atoms with E-state index in [4.69, 9.17) is 37.9 Å². The van der Waals surface area contributed by atoms with Crippen molar-refractivity contribution in [3.05, 3.63) is 0 Å². The van der Waals surface area contributed by atoms with Crippen LogP contribution in [-0.2, 0) is 42.7 Å². The van der Waals surface area contributed by atoms with Gasteiger partial charge in [0.1, 0.15) is 97.6 Å². The number of aliphatic hydroxyl groups excluding tert-OH is 11. The fourth-order valence-electron chi connectivity index (χ4n) is 6.42. The highest BCUT2D eigenvalue weighted by Crippen LogP contribution is 2.34. The molecule has 4 saturated heterocycles. The molecule has 0 spiro atoms. The maximum Gasteiger partial charge on any atom is 0.217 e. The number of ether oxygens (including phenoxy) is 8. The molecular formula is C28H49NO20. The number of methoxy groups -OCH3 is 1. The molecule has 49 heavy (non-hydrogen) atoms. The first-order valence-electron chi connectivity index (χ1n) is 15.8. The first-order chi connectivity index (χ1) is 23.2. The van der Waals surface area contributed by atoms with Gasteiger partial charge in [0, 0.05) is 14.0 Å². The molecule has 12 N–H and O–H groups in total. The minimum Gasteiger partial charge on any atom is -0.394 e. The summed E-state index contributed by atoms with van der Waals surface area (Å²) in [4.78, 5) is 12.2. The summed E-state index contributed by atoms with van der Waals surface area (Å²) in [5.74, 6) is -0.712. The molecular weight excluding hydrogens is 670 g/mol. The summed E-state index contributed by atoms with van der Waals surface area (Å²) in [5.41, 5.74) is 0. The van der Waals surface area contributed by atoms with E-state index in [2.05, 4.69) is 5.32 Å².